The lowest BCUT2D eigenvalue weighted by molar-refractivity contribution is 0.600. The molecule has 0 spiro atoms. The van der Waals surface area contributed by atoms with Crippen LogP contribution in [-0.2, 0) is 9.84 Å². The van der Waals surface area contributed by atoms with Gasteiger partial charge in [0.05, 0.1) is 5.75 Å². The number of anilines is 1. The minimum Gasteiger partial charge on any atom is -0.372 e. The van der Waals surface area contributed by atoms with Crippen molar-refractivity contribution in [1.29, 1.82) is 0 Å². The highest BCUT2D eigenvalue weighted by molar-refractivity contribution is 7.90. The largest absolute Gasteiger partial charge is 0.372 e. The van der Waals surface area contributed by atoms with Crippen molar-refractivity contribution in [2.24, 2.45) is 4.99 Å². The van der Waals surface area contributed by atoms with Gasteiger partial charge in [0.1, 0.15) is 9.84 Å². The quantitative estimate of drug-likeness (QED) is 0.378. The van der Waals surface area contributed by atoms with Crippen LogP contribution >= 0.6 is 0 Å². The number of aliphatic imine (C=N–C) groups is 1. The first-order valence-electron chi connectivity index (χ1n) is 8.46. The SMILES string of the molecule is CCNC(=NCCCN(CC)c1ccccc1)NCCS(C)(=O)=O. The van der Waals surface area contributed by atoms with Gasteiger partial charge in [-0.2, -0.15) is 0 Å². The van der Waals surface area contributed by atoms with E-state index in [2.05, 4.69) is 39.6 Å². The fraction of sp³-hybridized carbons (Fsp3) is 0.588. The van der Waals surface area contributed by atoms with E-state index in [0.717, 1.165) is 26.1 Å². The first-order chi connectivity index (χ1) is 11.5. The molecule has 0 unspecified atom stereocenters. The topological polar surface area (TPSA) is 73.8 Å². The zero-order chi connectivity index (χ0) is 17.8. The second-order valence-electron chi connectivity index (χ2n) is 5.59. The molecule has 0 aliphatic carbocycles. The van der Waals surface area contributed by atoms with Crippen LogP contribution in [0.4, 0.5) is 5.69 Å². The zero-order valence-electron chi connectivity index (χ0n) is 15.0. The summed E-state index contributed by atoms with van der Waals surface area (Å²) in [6.07, 6.45) is 2.17. The molecule has 0 bridgehead atoms. The van der Waals surface area contributed by atoms with E-state index in [4.69, 9.17) is 0 Å². The van der Waals surface area contributed by atoms with Crippen molar-refractivity contribution in [2.75, 3.05) is 49.6 Å². The van der Waals surface area contributed by atoms with Gasteiger partial charge in [0.25, 0.3) is 0 Å². The molecule has 0 saturated carbocycles. The van der Waals surface area contributed by atoms with E-state index in [1.54, 1.807) is 0 Å². The van der Waals surface area contributed by atoms with E-state index in [1.807, 2.05) is 25.1 Å². The Kier molecular flexibility index (Phi) is 9.22. The van der Waals surface area contributed by atoms with Crippen molar-refractivity contribution in [2.45, 2.75) is 20.3 Å². The molecule has 0 aliphatic heterocycles. The second kappa shape index (κ2) is 10.9. The maximum absolute atomic E-state index is 11.2. The average Bonchev–Trinajstić information content (AvgIpc) is 2.54. The van der Waals surface area contributed by atoms with Crippen LogP contribution in [0.2, 0.25) is 0 Å². The molecule has 0 radical (unpaired) electrons. The van der Waals surface area contributed by atoms with Crippen LogP contribution in [0.15, 0.2) is 35.3 Å². The van der Waals surface area contributed by atoms with Crippen LogP contribution in [-0.4, -0.2) is 59.1 Å². The van der Waals surface area contributed by atoms with Crippen molar-refractivity contribution < 1.29 is 8.42 Å². The Bertz CT molecular complexity index is 588. The van der Waals surface area contributed by atoms with Crippen molar-refractivity contribution in [3.8, 4) is 0 Å². The molecule has 24 heavy (non-hydrogen) atoms. The minimum atomic E-state index is -2.96. The molecule has 0 amide bonds. The van der Waals surface area contributed by atoms with E-state index in [0.29, 0.717) is 19.0 Å². The third-order valence-corrected chi connectivity index (χ3v) is 4.41. The Hall–Kier alpha value is -1.76. The molecule has 0 saturated heterocycles. The number of nitrogens with one attached hydrogen (secondary N) is 2. The summed E-state index contributed by atoms with van der Waals surface area (Å²) in [6, 6.07) is 10.3. The highest BCUT2D eigenvalue weighted by atomic mass is 32.2. The van der Waals surface area contributed by atoms with Gasteiger partial charge >= 0.3 is 0 Å². The Labute approximate surface area is 146 Å². The van der Waals surface area contributed by atoms with E-state index in [9.17, 15) is 8.42 Å². The Morgan fingerprint density at radius 2 is 1.88 bits per heavy atom. The number of para-hydroxylation sites is 1. The summed E-state index contributed by atoms with van der Waals surface area (Å²) in [7, 11) is -2.96. The van der Waals surface area contributed by atoms with Crippen molar-refractivity contribution in [3.05, 3.63) is 30.3 Å². The Morgan fingerprint density at radius 3 is 2.46 bits per heavy atom. The molecule has 0 aliphatic rings. The van der Waals surface area contributed by atoms with E-state index in [1.165, 1.54) is 11.9 Å². The fourth-order valence-corrected chi connectivity index (χ4v) is 2.73. The predicted molar refractivity (Wildman–Crippen MR) is 103 cm³/mol. The van der Waals surface area contributed by atoms with Crippen LogP contribution in [0.3, 0.4) is 0 Å². The molecule has 0 aromatic heterocycles. The summed E-state index contributed by atoms with van der Waals surface area (Å²) < 4.78 is 22.3. The molecule has 136 valence electrons. The number of benzene rings is 1. The monoisotopic (exact) mass is 354 g/mol. The third-order valence-electron chi connectivity index (χ3n) is 3.47. The summed E-state index contributed by atoms with van der Waals surface area (Å²) in [5.41, 5.74) is 1.22. The van der Waals surface area contributed by atoms with Gasteiger partial charge < -0.3 is 15.5 Å². The van der Waals surface area contributed by atoms with Crippen LogP contribution in [0.1, 0.15) is 20.3 Å². The van der Waals surface area contributed by atoms with E-state index >= 15 is 0 Å². The molecular weight excluding hydrogens is 324 g/mol. The Morgan fingerprint density at radius 1 is 1.17 bits per heavy atom. The standard InChI is InChI=1S/C17H30N4O2S/c1-4-18-17(20-13-15-24(3,22)23)19-12-9-14-21(5-2)16-10-7-6-8-11-16/h6-8,10-11H,4-5,9,12-15H2,1-3H3,(H2,18,19,20). The zero-order valence-corrected chi connectivity index (χ0v) is 15.8. The molecule has 7 heteroatoms. The van der Waals surface area contributed by atoms with Crippen LogP contribution < -0.4 is 15.5 Å². The number of sulfone groups is 1. The number of nitrogens with zero attached hydrogens (tertiary/aromatic N) is 2. The lowest BCUT2D eigenvalue weighted by atomic mass is 10.2. The van der Waals surface area contributed by atoms with Crippen molar-refractivity contribution in [1.82, 2.24) is 10.6 Å². The molecule has 0 heterocycles. The maximum atomic E-state index is 11.2. The normalized spacial score (nSPS) is 12.0. The van der Waals surface area contributed by atoms with Crippen LogP contribution in [0.5, 0.6) is 0 Å². The van der Waals surface area contributed by atoms with Gasteiger partial charge in [0.2, 0.25) is 0 Å². The molecule has 1 rings (SSSR count). The van der Waals surface area contributed by atoms with Gasteiger partial charge in [-0.3, -0.25) is 4.99 Å². The highest BCUT2D eigenvalue weighted by Gasteiger charge is 2.04. The summed E-state index contributed by atoms with van der Waals surface area (Å²) in [6.45, 7) is 7.84. The number of hydrogen-bond acceptors (Lipinski definition) is 4. The van der Waals surface area contributed by atoms with Gasteiger partial charge in [-0.15, -0.1) is 0 Å². The predicted octanol–water partition coefficient (Wildman–Crippen LogP) is 1.50. The van der Waals surface area contributed by atoms with Gasteiger partial charge in [0, 0.05) is 44.7 Å². The third kappa shape index (κ3) is 8.76. The van der Waals surface area contributed by atoms with Crippen LogP contribution in [0, 0.1) is 0 Å². The lowest BCUT2D eigenvalue weighted by Gasteiger charge is -2.22. The molecule has 0 fully saturated rings. The number of guanidine groups is 1. The summed E-state index contributed by atoms with van der Waals surface area (Å²) >= 11 is 0. The van der Waals surface area contributed by atoms with Gasteiger partial charge in [-0.05, 0) is 32.4 Å². The van der Waals surface area contributed by atoms with Gasteiger partial charge in [0.15, 0.2) is 5.96 Å². The minimum absolute atomic E-state index is 0.106. The first-order valence-corrected chi connectivity index (χ1v) is 10.5. The van der Waals surface area contributed by atoms with E-state index in [-0.39, 0.29) is 5.75 Å². The molecule has 2 N–H and O–H groups in total. The first kappa shape index (κ1) is 20.3. The van der Waals surface area contributed by atoms with E-state index < -0.39 is 9.84 Å². The van der Waals surface area contributed by atoms with Crippen molar-refractivity contribution >= 4 is 21.5 Å². The lowest BCUT2D eigenvalue weighted by Crippen LogP contribution is -2.39. The average molecular weight is 355 g/mol. The summed E-state index contributed by atoms with van der Waals surface area (Å²) in [5.74, 6) is 0.776. The number of hydrogen-bond donors (Lipinski definition) is 2. The van der Waals surface area contributed by atoms with Crippen LogP contribution in [0.25, 0.3) is 0 Å². The summed E-state index contributed by atoms with van der Waals surface area (Å²) in [4.78, 5) is 6.82. The maximum Gasteiger partial charge on any atom is 0.191 e. The fourth-order valence-electron chi connectivity index (χ4n) is 2.26. The highest BCUT2D eigenvalue weighted by Crippen LogP contribution is 2.12. The van der Waals surface area contributed by atoms with Crippen molar-refractivity contribution in [3.63, 3.8) is 0 Å². The number of rotatable bonds is 10. The Balaban J connectivity index is 2.43. The molecule has 0 atom stereocenters. The van der Waals surface area contributed by atoms with Gasteiger partial charge in [-0.1, -0.05) is 18.2 Å². The smallest absolute Gasteiger partial charge is 0.191 e. The molecule has 6 nitrogen and oxygen atoms in total. The van der Waals surface area contributed by atoms with Gasteiger partial charge in [-0.25, -0.2) is 8.42 Å². The molecule has 1 aromatic rings. The molecule has 1 aromatic carbocycles. The molecular formula is C17H30N4O2S. The summed E-state index contributed by atoms with van der Waals surface area (Å²) in [5, 5.41) is 6.19. The second-order valence-corrected chi connectivity index (χ2v) is 7.85.